The van der Waals surface area contributed by atoms with Crippen molar-refractivity contribution in [3.8, 4) is 0 Å². The first-order valence-corrected chi connectivity index (χ1v) is 5.28. The van der Waals surface area contributed by atoms with Crippen molar-refractivity contribution in [3.63, 3.8) is 0 Å². The molecule has 3 aliphatic rings. The number of nitro groups is 1. The molecule has 0 aromatic heterocycles. The highest BCUT2D eigenvalue weighted by atomic mass is 16.6. The minimum Gasteiger partial charge on any atom is -0.390 e. The maximum Gasteiger partial charge on any atom is 0.231 e. The summed E-state index contributed by atoms with van der Waals surface area (Å²) in [6.07, 6.45) is 3.48. The number of hydrogen-bond acceptors (Lipinski definition) is 3. The maximum atomic E-state index is 11.0. The van der Waals surface area contributed by atoms with Gasteiger partial charge in [-0.3, -0.25) is 10.1 Å². The van der Waals surface area contributed by atoms with E-state index in [0.29, 0.717) is 25.2 Å². The normalized spacial score (nSPS) is 59.4. The first kappa shape index (κ1) is 8.65. The molecule has 0 saturated heterocycles. The van der Waals surface area contributed by atoms with Crippen LogP contribution in [0, 0.1) is 21.4 Å². The van der Waals surface area contributed by atoms with E-state index >= 15 is 0 Å². The van der Waals surface area contributed by atoms with Gasteiger partial charge in [0.2, 0.25) is 5.54 Å². The standard InChI is InChI=1S/C10H15NO3/c1-7-2-8-4-9(12,3-7)6-10(8,5-8)11(13)14/h7,12H,2-6H2,1H3. The third-order valence-corrected chi connectivity index (χ3v) is 4.60. The summed E-state index contributed by atoms with van der Waals surface area (Å²) in [5, 5.41) is 21.2. The lowest BCUT2D eigenvalue weighted by Gasteiger charge is -2.33. The molecular formula is C10H15NO3. The Morgan fingerprint density at radius 2 is 2.07 bits per heavy atom. The number of rotatable bonds is 1. The summed E-state index contributed by atoms with van der Waals surface area (Å²) in [5.41, 5.74) is -1.60. The highest BCUT2D eigenvalue weighted by Gasteiger charge is 2.85. The molecule has 0 aliphatic heterocycles. The second-order valence-corrected chi connectivity index (χ2v) is 5.84. The SMILES string of the molecule is CC1CC2(O)CC3(C1)CC3([N+](=O)[O-])C2. The molecule has 1 N–H and O–H groups in total. The molecule has 78 valence electrons. The van der Waals surface area contributed by atoms with Crippen LogP contribution >= 0.6 is 0 Å². The first-order chi connectivity index (χ1) is 6.42. The van der Waals surface area contributed by atoms with Gasteiger partial charge in [0.15, 0.2) is 0 Å². The van der Waals surface area contributed by atoms with Gasteiger partial charge in [-0.15, -0.1) is 0 Å². The lowest BCUT2D eigenvalue weighted by atomic mass is 9.75. The predicted octanol–water partition coefficient (Wildman–Crippen LogP) is 1.35. The van der Waals surface area contributed by atoms with Crippen LogP contribution in [0.5, 0.6) is 0 Å². The molecule has 4 atom stereocenters. The van der Waals surface area contributed by atoms with Crippen molar-refractivity contribution in [2.75, 3.05) is 0 Å². The van der Waals surface area contributed by atoms with Crippen LogP contribution < -0.4 is 0 Å². The third-order valence-electron chi connectivity index (χ3n) is 4.60. The summed E-state index contributed by atoms with van der Waals surface area (Å²) in [7, 11) is 0. The van der Waals surface area contributed by atoms with Gasteiger partial charge in [0.05, 0.1) is 11.0 Å². The van der Waals surface area contributed by atoms with Crippen molar-refractivity contribution < 1.29 is 10.0 Å². The van der Waals surface area contributed by atoms with E-state index in [-0.39, 0.29) is 10.3 Å². The van der Waals surface area contributed by atoms with Gasteiger partial charge >= 0.3 is 0 Å². The smallest absolute Gasteiger partial charge is 0.231 e. The Hall–Kier alpha value is -0.640. The van der Waals surface area contributed by atoms with E-state index in [9.17, 15) is 15.2 Å². The minimum absolute atomic E-state index is 0.122. The van der Waals surface area contributed by atoms with Gasteiger partial charge < -0.3 is 5.11 Å². The average molecular weight is 197 g/mol. The van der Waals surface area contributed by atoms with Gasteiger partial charge in [0.25, 0.3) is 0 Å². The summed E-state index contributed by atoms with van der Waals surface area (Å²) < 4.78 is 0. The van der Waals surface area contributed by atoms with E-state index in [2.05, 4.69) is 6.92 Å². The molecule has 4 heteroatoms. The highest BCUT2D eigenvalue weighted by Crippen LogP contribution is 2.76. The Kier molecular flexibility index (Phi) is 1.23. The quantitative estimate of drug-likeness (QED) is 0.509. The van der Waals surface area contributed by atoms with Crippen molar-refractivity contribution in [2.24, 2.45) is 11.3 Å². The van der Waals surface area contributed by atoms with Crippen molar-refractivity contribution in [3.05, 3.63) is 10.1 Å². The Morgan fingerprint density at radius 3 is 2.71 bits per heavy atom. The van der Waals surface area contributed by atoms with Crippen LogP contribution in [0.1, 0.15) is 39.0 Å². The third kappa shape index (κ3) is 0.749. The molecule has 4 nitrogen and oxygen atoms in total. The van der Waals surface area contributed by atoms with E-state index in [4.69, 9.17) is 0 Å². The van der Waals surface area contributed by atoms with E-state index in [1.807, 2.05) is 0 Å². The van der Waals surface area contributed by atoms with E-state index in [1.165, 1.54) is 0 Å². The first-order valence-electron chi connectivity index (χ1n) is 5.28. The number of fused-ring (bicyclic) bond motifs is 1. The van der Waals surface area contributed by atoms with E-state index in [0.717, 1.165) is 12.8 Å². The van der Waals surface area contributed by atoms with Crippen molar-refractivity contribution in [1.29, 1.82) is 0 Å². The van der Waals surface area contributed by atoms with Gasteiger partial charge in [-0.25, -0.2) is 0 Å². The average Bonchev–Trinajstić information content (AvgIpc) is 2.47. The fraction of sp³-hybridized carbons (Fsp3) is 1.00. The molecule has 3 fully saturated rings. The van der Waals surface area contributed by atoms with Crippen LogP contribution in [0.4, 0.5) is 0 Å². The zero-order chi connectivity index (χ0) is 10.2. The number of nitrogens with zero attached hydrogens (tertiary/aromatic N) is 1. The molecule has 4 unspecified atom stereocenters. The van der Waals surface area contributed by atoms with Crippen LogP contribution in [-0.2, 0) is 0 Å². The van der Waals surface area contributed by atoms with Gasteiger partial charge in [-0.2, -0.15) is 0 Å². The second kappa shape index (κ2) is 1.98. The Morgan fingerprint density at radius 1 is 1.36 bits per heavy atom. The van der Waals surface area contributed by atoms with Crippen LogP contribution in [0.15, 0.2) is 0 Å². The van der Waals surface area contributed by atoms with Gasteiger partial charge in [0, 0.05) is 17.8 Å². The van der Waals surface area contributed by atoms with Crippen molar-refractivity contribution in [1.82, 2.24) is 0 Å². The molecule has 3 saturated carbocycles. The lowest BCUT2D eigenvalue weighted by Crippen LogP contribution is -2.35. The Bertz CT molecular complexity index is 331. The van der Waals surface area contributed by atoms with Gasteiger partial charge in [-0.1, -0.05) is 6.92 Å². The minimum atomic E-state index is -0.744. The summed E-state index contributed by atoms with van der Waals surface area (Å²) in [6, 6.07) is 0. The molecule has 14 heavy (non-hydrogen) atoms. The zero-order valence-electron chi connectivity index (χ0n) is 8.32. The molecule has 1 spiro atoms. The molecule has 2 bridgehead atoms. The fourth-order valence-corrected chi connectivity index (χ4v) is 4.42. The van der Waals surface area contributed by atoms with Crippen molar-refractivity contribution in [2.45, 2.75) is 50.2 Å². The molecule has 0 radical (unpaired) electrons. The predicted molar refractivity (Wildman–Crippen MR) is 49.4 cm³/mol. The summed E-state index contributed by atoms with van der Waals surface area (Å²) >= 11 is 0. The molecule has 3 rings (SSSR count). The van der Waals surface area contributed by atoms with Crippen LogP contribution in [-0.4, -0.2) is 21.2 Å². The molecule has 0 heterocycles. The molecule has 0 aromatic rings. The lowest BCUT2D eigenvalue weighted by molar-refractivity contribution is -0.546. The molecule has 3 aliphatic carbocycles. The zero-order valence-corrected chi connectivity index (χ0v) is 8.32. The van der Waals surface area contributed by atoms with Crippen molar-refractivity contribution >= 4 is 0 Å². The van der Waals surface area contributed by atoms with E-state index in [1.54, 1.807) is 0 Å². The number of hydrogen-bond donors (Lipinski definition) is 1. The number of aliphatic hydroxyl groups is 1. The Labute approximate surface area is 82.5 Å². The highest BCUT2D eigenvalue weighted by molar-refractivity contribution is 5.28. The van der Waals surface area contributed by atoms with Gasteiger partial charge in [0.1, 0.15) is 0 Å². The van der Waals surface area contributed by atoms with Crippen LogP contribution in [0.25, 0.3) is 0 Å². The summed E-state index contributed by atoms with van der Waals surface area (Å²) in [6.45, 7) is 2.10. The Balaban J connectivity index is 2.01. The second-order valence-electron chi connectivity index (χ2n) is 5.84. The summed E-state index contributed by atoms with van der Waals surface area (Å²) in [4.78, 5) is 10.9. The van der Waals surface area contributed by atoms with E-state index < -0.39 is 11.1 Å². The maximum absolute atomic E-state index is 11.0. The molecule has 0 amide bonds. The molecular weight excluding hydrogens is 182 g/mol. The largest absolute Gasteiger partial charge is 0.390 e. The fourth-order valence-electron chi connectivity index (χ4n) is 4.42. The topological polar surface area (TPSA) is 63.4 Å². The van der Waals surface area contributed by atoms with Gasteiger partial charge in [-0.05, 0) is 25.2 Å². The monoisotopic (exact) mass is 197 g/mol. The van der Waals surface area contributed by atoms with Crippen LogP contribution in [0.3, 0.4) is 0 Å². The molecule has 0 aromatic carbocycles. The summed E-state index contributed by atoms with van der Waals surface area (Å²) in [5.74, 6) is 0.443. The van der Waals surface area contributed by atoms with Crippen LogP contribution in [0.2, 0.25) is 0 Å².